The molecule has 2 saturated heterocycles. The molecule has 9 nitrogen and oxygen atoms in total. The number of amides is 1. The van der Waals surface area contributed by atoms with Gasteiger partial charge in [0.2, 0.25) is 5.69 Å². The van der Waals surface area contributed by atoms with Gasteiger partial charge in [-0.1, -0.05) is 0 Å². The zero-order valence-corrected chi connectivity index (χ0v) is 22.6. The van der Waals surface area contributed by atoms with Gasteiger partial charge in [0.05, 0.1) is 17.3 Å². The van der Waals surface area contributed by atoms with Gasteiger partial charge < -0.3 is 14.4 Å². The molecule has 10 heteroatoms. The Kier molecular flexibility index (Phi) is 6.94. The quantitative estimate of drug-likeness (QED) is 0.490. The van der Waals surface area contributed by atoms with Crippen molar-refractivity contribution in [1.29, 1.82) is 0 Å². The molecule has 0 radical (unpaired) electrons. The molecule has 6 rings (SSSR count). The second-order valence-electron chi connectivity index (χ2n) is 9.92. The molecule has 3 heterocycles. The van der Waals surface area contributed by atoms with Crippen molar-refractivity contribution in [2.24, 2.45) is 11.8 Å². The number of H-pyrrole nitrogens is 1. The van der Waals surface area contributed by atoms with Crippen LogP contribution in [-0.4, -0.2) is 45.8 Å². The minimum atomic E-state index is -0.763. The first-order valence-corrected chi connectivity index (χ1v) is 13.2. The number of benzene rings is 2. The first-order valence-electron chi connectivity index (χ1n) is 12.4. The summed E-state index contributed by atoms with van der Waals surface area (Å²) in [6, 6.07) is 8.91. The van der Waals surface area contributed by atoms with Crippen molar-refractivity contribution in [2.45, 2.75) is 39.5 Å². The van der Waals surface area contributed by atoms with Crippen LogP contribution in [0.2, 0.25) is 0 Å². The molecule has 0 spiro atoms. The van der Waals surface area contributed by atoms with Gasteiger partial charge in [0.25, 0.3) is 11.5 Å². The van der Waals surface area contributed by atoms with Crippen LogP contribution >= 0.6 is 15.9 Å². The van der Waals surface area contributed by atoms with E-state index in [9.17, 15) is 14.4 Å². The fraction of sp³-hybridized carbons (Fsp3) is 0.407. The van der Waals surface area contributed by atoms with Crippen molar-refractivity contribution in [3.63, 3.8) is 0 Å². The third-order valence-corrected chi connectivity index (χ3v) is 7.89. The molecule has 37 heavy (non-hydrogen) atoms. The summed E-state index contributed by atoms with van der Waals surface area (Å²) in [5.74, 6) is 2.43. The van der Waals surface area contributed by atoms with Crippen molar-refractivity contribution in [3.8, 4) is 22.9 Å². The van der Waals surface area contributed by atoms with Crippen molar-refractivity contribution < 1.29 is 14.3 Å². The first kappa shape index (κ1) is 25.3. The van der Waals surface area contributed by atoms with E-state index in [-0.39, 0.29) is 5.69 Å². The largest absolute Gasteiger partial charge is 0.496 e. The van der Waals surface area contributed by atoms with Gasteiger partial charge in [0.15, 0.2) is 0 Å². The number of halogens is 1. The van der Waals surface area contributed by atoms with Crippen LogP contribution in [0.1, 0.15) is 47.3 Å². The van der Waals surface area contributed by atoms with Gasteiger partial charge in [-0.15, -0.1) is 0 Å². The van der Waals surface area contributed by atoms with Gasteiger partial charge in [-0.3, -0.25) is 14.6 Å². The number of hydrogen-bond donors (Lipinski definition) is 1. The van der Waals surface area contributed by atoms with Crippen LogP contribution in [0.4, 0.5) is 0 Å². The lowest BCUT2D eigenvalue weighted by Crippen LogP contribution is -2.42. The summed E-state index contributed by atoms with van der Waals surface area (Å²) in [4.78, 5) is 42.7. The molecule has 1 N–H and O–H groups in total. The molecule has 3 aromatic rings. The summed E-state index contributed by atoms with van der Waals surface area (Å²) in [5, 5.41) is 4.25. The van der Waals surface area contributed by atoms with E-state index < -0.39 is 17.2 Å². The molecule has 194 valence electrons. The van der Waals surface area contributed by atoms with Crippen LogP contribution in [0, 0.1) is 25.7 Å². The number of carbonyl (C=O) groups is 1. The lowest BCUT2D eigenvalue weighted by Gasteiger charge is -2.22. The molecule has 0 unspecified atom stereocenters. The number of aromatic amines is 1. The Labute approximate surface area is 222 Å². The zero-order valence-electron chi connectivity index (χ0n) is 21.0. The molecule has 2 bridgehead atoms. The van der Waals surface area contributed by atoms with Gasteiger partial charge in [-0.05, 0) is 109 Å². The minimum Gasteiger partial charge on any atom is -0.496 e. The molecular weight excluding hydrogens is 540 g/mol. The van der Waals surface area contributed by atoms with E-state index in [4.69, 9.17) is 9.47 Å². The summed E-state index contributed by atoms with van der Waals surface area (Å²) in [5.41, 5.74) is 0.229. The normalized spacial score (nSPS) is 19.0. The molecule has 1 aromatic heterocycles. The lowest BCUT2D eigenvalue weighted by molar-refractivity contribution is 0.0729. The molecule has 0 atom stereocenters. The summed E-state index contributed by atoms with van der Waals surface area (Å²) in [7, 11) is 1.59. The van der Waals surface area contributed by atoms with E-state index in [1.165, 1.54) is 0 Å². The summed E-state index contributed by atoms with van der Waals surface area (Å²) in [6.45, 7) is 4.98. The van der Waals surface area contributed by atoms with E-state index in [0.29, 0.717) is 47.9 Å². The van der Waals surface area contributed by atoms with Gasteiger partial charge in [-0.2, -0.15) is 9.78 Å². The topological polar surface area (TPSA) is 107 Å². The maximum atomic E-state index is 13.3. The van der Waals surface area contributed by atoms with E-state index in [1.54, 1.807) is 36.3 Å². The number of fused-ring (bicyclic) bond motifs is 4. The molecule has 1 amide bonds. The standard InChI is InChI=1S/C27H29BrN4O5/c1-15-10-19(11-16(2)24(15)37-20-8-9-22(36-3)21(28)12-20)32-27(35)29-25(33)23(30-32)26(34)31-13-17-4-5-18(14-31)7-6-17/h8-12,17-18H,4-7,13-14H2,1-3H3,(H,29,33,35). The summed E-state index contributed by atoms with van der Waals surface area (Å²) < 4.78 is 13.2. The highest BCUT2D eigenvalue weighted by Gasteiger charge is 2.33. The third-order valence-electron chi connectivity index (χ3n) is 7.27. The first-order chi connectivity index (χ1) is 17.7. The average molecular weight is 569 g/mol. The van der Waals surface area contributed by atoms with E-state index in [0.717, 1.165) is 46.0 Å². The van der Waals surface area contributed by atoms with Crippen LogP contribution in [0.5, 0.6) is 17.2 Å². The summed E-state index contributed by atoms with van der Waals surface area (Å²) in [6.07, 6.45) is 4.44. The van der Waals surface area contributed by atoms with E-state index >= 15 is 0 Å². The lowest BCUT2D eigenvalue weighted by atomic mass is 9.84. The number of aromatic nitrogens is 3. The van der Waals surface area contributed by atoms with Crippen LogP contribution in [0.3, 0.4) is 0 Å². The molecule has 1 saturated carbocycles. The second-order valence-corrected chi connectivity index (χ2v) is 10.8. The third kappa shape index (κ3) is 5.07. The van der Waals surface area contributed by atoms with Crippen LogP contribution in [0.25, 0.3) is 5.69 Å². The zero-order chi connectivity index (χ0) is 26.3. The molecule has 1 aliphatic carbocycles. The number of nitrogens with one attached hydrogen (secondary N) is 1. The SMILES string of the molecule is COc1ccc(Oc2c(C)cc(-n3nc(C(=O)N4CC5CCC(CC5)C4)c(=O)[nH]c3=O)cc2C)cc1Br. The predicted molar refractivity (Wildman–Crippen MR) is 142 cm³/mol. The highest BCUT2D eigenvalue weighted by atomic mass is 79.9. The van der Waals surface area contributed by atoms with Gasteiger partial charge in [-0.25, -0.2) is 4.79 Å². The Morgan fingerprint density at radius 1 is 1.03 bits per heavy atom. The van der Waals surface area contributed by atoms with E-state index in [1.807, 2.05) is 19.9 Å². The number of rotatable bonds is 5. The summed E-state index contributed by atoms with van der Waals surface area (Å²) >= 11 is 3.46. The van der Waals surface area contributed by atoms with Gasteiger partial charge >= 0.3 is 5.69 Å². The van der Waals surface area contributed by atoms with Crippen LogP contribution < -0.4 is 20.7 Å². The molecule has 2 aromatic carbocycles. The smallest absolute Gasteiger partial charge is 0.349 e. The molecular formula is C27H29BrN4O5. The number of nitrogens with zero attached hydrogens (tertiary/aromatic N) is 3. The Morgan fingerprint density at radius 2 is 1.65 bits per heavy atom. The number of methoxy groups -OCH3 is 1. The number of hydrogen-bond acceptors (Lipinski definition) is 6. The predicted octanol–water partition coefficient (Wildman–Crippen LogP) is 4.36. The average Bonchev–Trinajstić information content (AvgIpc) is 3.20. The molecule has 2 aliphatic heterocycles. The number of aryl methyl sites for hydroxylation is 2. The fourth-order valence-electron chi connectivity index (χ4n) is 5.36. The van der Waals surface area contributed by atoms with Gasteiger partial charge in [0.1, 0.15) is 17.2 Å². The molecule has 3 fully saturated rings. The maximum absolute atomic E-state index is 13.3. The highest BCUT2D eigenvalue weighted by molar-refractivity contribution is 9.10. The second kappa shape index (κ2) is 10.2. The monoisotopic (exact) mass is 568 g/mol. The maximum Gasteiger partial charge on any atom is 0.349 e. The van der Waals surface area contributed by atoms with Crippen molar-refractivity contribution >= 4 is 21.8 Å². The Bertz CT molecular complexity index is 1440. The Morgan fingerprint density at radius 3 is 2.22 bits per heavy atom. The van der Waals surface area contributed by atoms with Crippen LogP contribution in [-0.2, 0) is 0 Å². The Hall–Kier alpha value is -3.40. The Balaban J connectivity index is 1.46. The van der Waals surface area contributed by atoms with Crippen molar-refractivity contribution in [3.05, 3.63) is 72.5 Å². The van der Waals surface area contributed by atoms with Crippen molar-refractivity contribution in [2.75, 3.05) is 20.2 Å². The fourth-order valence-corrected chi connectivity index (χ4v) is 5.88. The highest BCUT2D eigenvalue weighted by Crippen LogP contribution is 2.35. The molecule has 3 aliphatic rings. The van der Waals surface area contributed by atoms with E-state index in [2.05, 4.69) is 26.0 Å². The van der Waals surface area contributed by atoms with Crippen LogP contribution in [0.15, 0.2) is 44.4 Å². The minimum absolute atomic E-state index is 0.264. The van der Waals surface area contributed by atoms with Gasteiger partial charge in [0, 0.05) is 13.1 Å². The van der Waals surface area contributed by atoms with Crippen molar-refractivity contribution in [1.82, 2.24) is 19.7 Å². The number of carbonyl (C=O) groups excluding carboxylic acids is 1. The number of ether oxygens (including phenoxy) is 2.